The Labute approximate surface area is 163 Å². The van der Waals surface area contributed by atoms with Gasteiger partial charge in [-0.1, -0.05) is 6.07 Å². The largest absolute Gasteiger partial charge is 0.351 e. The van der Waals surface area contributed by atoms with Crippen molar-refractivity contribution in [3.8, 4) is 11.1 Å². The minimum absolute atomic E-state index is 0.299. The standard InChI is InChI=1S/C21H22N6O/c28-21(14-3-4-14)27-17-5-6-18(27)12-25(11-17)20-19-8-16(10-26(19)24-13-23-20)15-2-1-7-22-9-15/h1-2,7-10,13-14,17-18H,3-6,11-12H2. The molecule has 3 aromatic heterocycles. The van der Waals surface area contributed by atoms with Crippen molar-refractivity contribution in [2.24, 2.45) is 5.92 Å². The number of rotatable bonds is 3. The SMILES string of the molecule is O=C(C1CC1)N1C2CCC1CN(c1ncnn3cc(-c4cccnc4)cc13)C2. The molecule has 2 unspecified atom stereocenters. The van der Waals surface area contributed by atoms with Gasteiger partial charge in [0, 0.05) is 60.8 Å². The highest BCUT2D eigenvalue weighted by Crippen LogP contribution is 2.39. The van der Waals surface area contributed by atoms with E-state index in [0.29, 0.717) is 23.9 Å². The molecule has 1 aliphatic carbocycles. The number of carbonyl (C=O) groups is 1. The molecule has 6 rings (SSSR count). The lowest BCUT2D eigenvalue weighted by atomic mass is 10.1. The van der Waals surface area contributed by atoms with Crippen LogP contribution in [-0.2, 0) is 4.79 Å². The van der Waals surface area contributed by atoms with Crippen molar-refractivity contribution >= 4 is 17.2 Å². The number of anilines is 1. The lowest BCUT2D eigenvalue weighted by Crippen LogP contribution is -2.56. The first-order valence-corrected chi connectivity index (χ1v) is 10.1. The zero-order chi connectivity index (χ0) is 18.7. The predicted octanol–water partition coefficient (Wildman–Crippen LogP) is 2.38. The van der Waals surface area contributed by atoms with Crippen LogP contribution in [0.1, 0.15) is 25.7 Å². The van der Waals surface area contributed by atoms with Gasteiger partial charge >= 0.3 is 0 Å². The second-order valence-corrected chi connectivity index (χ2v) is 8.19. The van der Waals surface area contributed by atoms with Crippen LogP contribution < -0.4 is 4.90 Å². The summed E-state index contributed by atoms with van der Waals surface area (Å²) < 4.78 is 1.90. The molecule has 5 heterocycles. The van der Waals surface area contributed by atoms with Gasteiger partial charge in [-0.15, -0.1) is 0 Å². The maximum Gasteiger partial charge on any atom is 0.226 e. The number of hydrogen-bond acceptors (Lipinski definition) is 5. The number of piperazine rings is 1. The Morgan fingerprint density at radius 1 is 1.07 bits per heavy atom. The highest BCUT2D eigenvalue weighted by Gasteiger charge is 2.46. The topological polar surface area (TPSA) is 66.6 Å². The predicted molar refractivity (Wildman–Crippen MR) is 105 cm³/mol. The smallest absolute Gasteiger partial charge is 0.226 e. The molecule has 2 saturated heterocycles. The van der Waals surface area contributed by atoms with Gasteiger partial charge in [0.2, 0.25) is 5.91 Å². The van der Waals surface area contributed by atoms with E-state index in [1.54, 1.807) is 12.5 Å². The second kappa shape index (κ2) is 6.02. The summed E-state index contributed by atoms with van der Waals surface area (Å²) in [4.78, 5) is 26.1. The maximum atomic E-state index is 12.7. The van der Waals surface area contributed by atoms with Gasteiger partial charge in [0.15, 0.2) is 5.82 Å². The third-order valence-corrected chi connectivity index (χ3v) is 6.34. The molecule has 142 valence electrons. The highest BCUT2D eigenvalue weighted by molar-refractivity contribution is 5.83. The normalized spacial score (nSPS) is 24.1. The van der Waals surface area contributed by atoms with Gasteiger partial charge in [-0.3, -0.25) is 9.78 Å². The quantitative estimate of drug-likeness (QED) is 0.704. The summed E-state index contributed by atoms with van der Waals surface area (Å²) in [7, 11) is 0. The molecule has 0 radical (unpaired) electrons. The fourth-order valence-electron chi connectivity index (χ4n) is 4.83. The van der Waals surface area contributed by atoms with E-state index in [-0.39, 0.29) is 0 Å². The first-order chi connectivity index (χ1) is 13.8. The van der Waals surface area contributed by atoms with Crippen LogP contribution in [0.3, 0.4) is 0 Å². The van der Waals surface area contributed by atoms with Crippen molar-refractivity contribution in [3.05, 3.63) is 43.1 Å². The van der Waals surface area contributed by atoms with Gasteiger partial charge in [-0.05, 0) is 37.8 Å². The minimum Gasteiger partial charge on any atom is -0.351 e. The van der Waals surface area contributed by atoms with E-state index in [1.165, 1.54) is 0 Å². The molecular formula is C21H22N6O. The Morgan fingerprint density at radius 3 is 2.61 bits per heavy atom. The molecule has 1 amide bonds. The first kappa shape index (κ1) is 16.0. The summed E-state index contributed by atoms with van der Waals surface area (Å²) >= 11 is 0. The molecule has 7 nitrogen and oxygen atoms in total. The van der Waals surface area contributed by atoms with Gasteiger partial charge in [0.1, 0.15) is 11.8 Å². The summed E-state index contributed by atoms with van der Waals surface area (Å²) in [5, 5.41) is 4.41. The Morgan fingerprint density at radius 2 is 1.89 bits per heavy atom. The Kier molecular flexibility index (Phi) is 3.45. The lowest BCUT2D eigenvalue weighted by Gasteiger charge is -2.41. The van der Waals surface area contributed by atoms with E-state index >= 15 is 0 Å². The molecule has 0 N–H and O–H groups in total. The fourth-order valence-corrected chi connectivity index (χ4v) is 4.83. The highest BCUT2D eigenvalue weighted by atomic mass is 16.2. The van der Waals surface area contributed by atoms with Gasteiger partial charge in [-0.25, -0.2) is 9.50 Å². The summed E-state index contributed by atoms with van der Waals surface area (Å²) in [6.07, 6.45) is 11.6. The average molecular weight is 374 g/mol. The van der Waals surface area contributed by atoms with E-state index in [1.807, 2.05) is 23.0 Å². The summed E-state index contributed by atoms with van der Waals surface area (Å²) in [6, 6.07) is 6.76. The molecule has 0 spiro atoms. The van der Waals surface area contributed by atoms with Crippen LogP contribution in [0.15, 0.2) is 43.1 Å². The fraction of sp³-hybridized carbons (Fsp3) is 0.429. The van der Waals surface area contributed by atoms with Crippen molar-refractivity contribution in [1.29, 1.82) is 0 Å². The number of pyridine rings is 1. The molecule has 7 heteroatoms. The van der Waals surface area contributed by atoms with Crippen molar-refractivity contribution < 1.29 is 4.79 Å². The van der Waals surface area contributed by atoms with Crippen LogP contribution in [0.25, 0.3) is 16.6 Å². The van der Waals surface area contributed by atoms with Crippen molar-refractivity contribution in [2.45, 2.75) is 37.8 Å². The molecular weight excluding hydrogens is 352 g/mol. The molecule has 28 heavy (non-hydrogen) atoms. The van der Waals surface area contributed by atoms with E-state index in [4.69, 9.17) is 0 Å². The zero-order valence-corrected chi connectivity index (χ0v) is 15.6. The van der Waals surface area contributed by atoms with Crippen molar-refractivity contribution in [3.63, 3.8) is 0 Å². The molecule has 2 aliphatic heterocycles. The molecule has 1 saturated carbocycles. The van der Waals surface area contributed by atoms with Crippen LogP contribution in [0.4, 0.5) is 5.82 Å². The Hall–Kier alpha value is -2.96. The van der Waals surface area contributed by atoms with Crippen molar-refractivity contribution in [1.82, 2.24) is 24.5 Å². The van der Waals surface area contributed by atoms with Crippen LogP contribution >= 0.6 is 0 Å². The van der Waals surface area contributed by atoms with Crippen LogP contribution in [0.5, 0.6) is 0 Å². The van der Waals surface area contributed by atoms with Gasteiger partial charge in [-0.2, -0.15) is 5.10 Å². The third kappa shape index (κ3) is 2.49. The number of nitrogens with zero attached hydrogens (tertiary/aromatic N) is 6. The molecule has 3 fully saturated rings. The van der Waals surface area contributed by atoms with Gasteiger partial charge < -0.3 is 9.80 Å². The third-order valence-electron chi connectivity index (χ3n) is 6.34. The van der Waals surface area contributed by atoms with E-state index in [0.717, 1.165) is 61.2 Å². The van der Waals surface area contributed by atoms with E-state index in [2.05, 4.69) is 37.0 Å². The van der Waals surface area contributed by atoms with E-state index < -0.39 is 0 Å². The number of hydrogen-bond donors (Lipinski definition) is 0. The first-order valence-electron chi connectivity index (χ1n) is 10.1. The van der Waals surface area contributed by atoms with Crippen LogP contribution in [0, 0.1) is 5.92 Å². The molecule has 3 aliphatic rings. The monoisotopic (exact) mass is 374 g/mol. The average Bonchev–Trinajstić information content (AvgIpc) is 3.43. The molecule has 2 atom stereocenters. The van der Waals surface area contributed by atoms with Crippen LogP contribution in [-0.4, -0.2) is 55.6 Å². The maximum absolute atomic E-state index is 12.7. The summed E-state index contributed by atoms with van der Waals surface area (Å²) in [5.41, 5.74) is 3.15. The molecule has 2 bridgehead atoms. The van der Waals surface area contributed by atoms with Gasteiger partial charge in [0.05, 0.1) is 0 Å². The minimum atomic E-state index is 0.299. The Bertz CT molecular complexity index is 1030. The molecule has 3 aromatic rings. The number of amides is 1. The van der Waals surface area contributed by atoms with E-state index in [9.17, 15) is 4.79 Å². The zero-order valence-electron chi connectivity index (χ0n) is 15.6. The van der Waals surface area contributed by atoms with Crippen LogP contribution in [0.2, 0.25) is 0 Å². The Balaban J connectivity index is 1.33. The summed E-state index contributed by atoms with van der Waals surface area (Å²) in [5.74, 6) is 1.65. The summed E-state index contributed by atoms with van der Waals surface area (Å²) in [6.45, 7) is 1.71. The molecule has 0 aromatic carbocycles. The number of carbonyl (C=O) groups excluding carboxylic acids is 1. The number of fused-ring (bicyclic) bond motifs is 3. The van der Waals surface area contributed by atoms with Crippen molar-refractivity contribution in [2.75, 3.05) is 18.0 Å². The number of aromatic nitrogens is 4. The second-order valence-electron chi connectivity index (χ2n) is 8.19. The van der Waals surface area contributed by atoms with Gasteiger partial charge in [0.25, 0.3) is 0 Å². The lowest BCUT2D eigenvalue weighted by molar-refractivity contribution is -0.135.